The maximum atomic E-state index is 4.13. The molecular weight excluding hydrogens is 130 g/mol. The normalized spacial score (nSPS) is 9.44. The van der Waals surface area contributed by atoms with Gasteiger partial charge in [-0.25, -0.2) is 0 Å². The molecule has 0 aliphatic rings. The van der Waals surface area contributed by atoms with E-state index in [4.69, 9.17) is 0 Å². The highest BCUT2D eigenvalue weighted by molar-refractivity contribution is 7.03. The zero-order chi connectivity index (χ0) is 6.69. The minimum absolute atomic E-state index is 1.04. The van der Waals surface area contributed by atoms with Crippen molar-refractivity contribution >= 4 is 17.6 Å². The summed E-state index contributed by atoms with van der Waals surface area (Å²) in [7, 11) is 0. The van der Waals surface area contributed by atoms with Gasteiger partial charge in [0, 0.05) is 5.38 Å². The Kier molecular flexibility index (Phi) is 2.01. The predicted molar refractivity (Wildman–Crippen MR) is 41.6 cm³/mol. The van der Waals surface area contributed by atoms with E-state index >= 15 is 0 Å². The fourth-order valence-corrected chi connectivity index (χ4v) is 1.47. The van der Waals surface area contributed by atoms with E-state index in [-0.39, 0.29) is 0 Å². The van der Waals surface area contributed by atoms with Gasteiger partial charge in [-0.15, -0.1) is 0 Å². The Morgan fingerprint density at radius 2 is 2.67 bits per heavy atom. The van der Waals surface area contributed by atoms with E-state index < -0.39 is 0 Å². The molecule has 0 unspecified atom stereocenters. The molecule has 1 aromatic rings. The molecule has 2 heteroatoms. The molecule has 0 spiro atoms. The summed E-state index contributed by atoms with van der Waals surface area (Å²) in [5.74, 6) is 0. The molecule has 0 bridgehead atoms. The Hall–Kier alpha value is -0.630. The topological polar surface area (TPSA) is 12.9 Å². The van der Waals surface area contributed by atoms with Crippen molar-refractivity contribution in [1.29, 1.82) is 0 Å². The molecule has 0 fully saturated rings. The van der Waals surface area contributed by atoms with Gasteiger partial charge in [-0.1, -0.05) is 13.5 Å². The van der Waals surface area contributed by atoms with Crippen LogP contribution in [-0.2, 0) is 6.42 Å². The average Bonchev–Trinajstić information content (AvgIpc) is 2.33. The molecule has 0 atom stereocenters. The third-order valence-corrected chi connectivity index (χ3v) is 1.94. The van der Waals surface area contributed by atoms with E-state index in [9.17, 15) is 0 Å². The van der Waals surface area contributed by atoms with Gasteiger partial charge in [0.25, 0.3) is 0 Å². The second kappa shape index (κ2) is 2.78. The first-order chi connectivity index (χ1) is 4.38. The summed E-state index contributed by atoms with van der Waals surface area (Å²) in [6, 6.07) is 0. The summed E-state index contributed by atoms with van der Waals surface area (Å²) in [4.78, 5) is 0. The van der Waals surface area contributed by atoms with Gasteiger partial charge >= 0.3 is 0 Å². The van der Waals surface area contributed by atoms with E-state index in [1.54, 1.807) is 6.08 Å². The number of hydrogen-bond donors (Lipinski definition) is 0. The van der Waals surface area contributed by atoms with Crippen molar-refractivity contribution in [3.8, 4) is 0 Å². The maximum Gasteiger partial charge on any atom is 0.0794 e. The summed E-state index contributed by atoms with van der Waals surface area (Å²) in [6.07, 6.45) is 2.85. The second-order valence-electron chi connectivity index (χ2n) is 1.78. The first-order valence-electron chi connectivity index (χ1n) is 2.94. The maximum absolute atomic E-state index is 4.13. The van der Waals surface area contributed by atoms with Gasteiger partial charge in [-0.3, -0.25) is 0 Å². The third-order valence-electron chi connectivity index (χ3n) is 1.25. The van der Waals surface area contributed by atoms with Crippen LogP contribution in [0.15, 0.2) is 12.0 Å². The number of aryl methyl sites for hydroxylation is 1. The first-order valence-corrected chi connectivity index (χ1v) is 3.77. The number of hydrogen-bond acceptors (Lipinski definition) is 2. The largest absolute Gasteiger partial charge is 0.193 e. The van der Waals surface area contributed by atoms with E-state index in [2.05, 4.69) is 23.3 Å². The van der Waals surface area contributed by atoms with Crippen LogP contribution in [0.3, 0.4) is 0 Å². The molecule has 0 radical (unpaired) electrons. The van der Waals surface area contributed by atoms with Crippen LogP contribution in [0.5, 0.6) is 0 Å². The summed E-state index contributed by atoms with van der Waals surface area (Å²) < 4.78 is 4.13. The average molecular weight is 139 g/mol. The highest BCUT2D eigenvalue weighted by atomic mass is 32.1. The highest BCUT2D eigenvalue weighted by Crippen LogP contribution is 2.11. The summed E-state index contributed by atoms with van der Waals surface area (Å²) >= 11 is 1.49. The molecule has 1 aromatic heterocycles. The third kappa shape index (κ3) is 1.19. The Morgan fingerprint density at radius 1 is 1.89 bits per heavy atom. The molecule has 0 saturated carbocycles. The summed E-state index contributed by atoms with van der Waals surface area (Å²) in [6.45, 7) is 5.78. The van der Waals surface area contributed by atoms with Crippen LogP contribution in [0.25, 0.3) is 6.08 Å². The van der Waals surface area contributed by atoms with Gasteiger partial charge in [0.05, 0.1) is 5.69 Å². The lowest BCUT2D eigenvalue weighted by atomic mass is 10.2. The summed E-state index contributed by atoms with van der Waals surface area (Å²) in [5.41, 5.74) is 2.34. The number of rotatable bonds is 2. The number of nitrogens with zero attached hydrogens (tertiary/aromatic N) is 1. The molecule has 0 aliphatic heterocycles. The molecule has 1 rings (SSSR count). The van der Waals surface area contributed by atoms with Gasteiger partial charge < -0.3 is 0 Å². The van der Waals surface area contributed by atoms with Crippen LogP contribution in [-0.4, -0.2) is 4.37 Å². The van der Waals surface area contributed by atoms with Gasteiger partial charge in [-0.05, 0) is 29.6 Å². The molecular formula is C7H9NS. The van der Waals surface area contributed by atoms with Gasteiger partial charge in [0.15, 0.2) is 0 Å². The smallest absolute Gasteiger partial charge is 0.0794 e. The highest BCUT2D eigenvalue weighted by Gasteiger charge is 1.96. The lowest BCUT2D eigenvalue weighted by Gasteiger charge is -1.87. The first kappa shape index (κ1) is 6.49. The Bertz CT molecular complexity index is 202. The lowest BCUT2D eigenvalue weighted by Crippen LogP contribution is -1.78. The number of aromatic nitrogens is 1. The standard InChI is InChI=1S/C7H9NS/c1-3-6-5-9-8-7(6)4-2/h4-5H,2-3H2,1H3. The van der Waals surface area contributed by atoms with Crippen LogP contribution >= 0.6 is 11.5 Å². The van der Waals surface area contributed by atoms with Crippen molar-refractivity contribution in [2.45, 2.75) is 13.3 Å². The predicted octanol–water partition coefficient (Wildman–Crippen LogP) is 2.35. The van der Waals surface area contributed by atoms with Crippen molar-refractivity contribution in [3.63, 3.8) is 0 Å². The zero-order valence-electron chi connectivity index (χ0n) is 5.42. The van der Waals surface area contributed by atoms with Crippen LogP contribution in [0.2, 0.25) is 0 Å². The van der Waals surface area contributed by atoms with Crippen LogP contribution in [0.4, 0.5) is 0 Å². The summed E-state index contributed by atoms with van der Waals surface area (Å²) in [5, 5.41) is 2.07. The molecule has 0 aliphatic carbocycles. The minimum atomic E-state index is 1.04. The lowest BCUT2D eigenvalue weighted by molar-refractivity contribution is 1.13. The Morgan fingerprint density at radius 3 is 3.11 bits per heavy atom. The van der Waals surface area contributed by atoms with Gasteiger partial charge in [0.1, 0.15) is 0 Å². The van der Waals surface area contributed by atoms with Crippen molar-refractivity contribution in [2.75, 3.05) is 0 Å². The van der Waals surface area contributed by atoms with Crippen molar-refractivity contribution in [3.05, 3.63) is 23.2 Å². The van der Waals surface area contributed by atoms with E-state index in [1.165, 1.54) is 17.1 Å². The monoisotopic (exact) mass is 139 g/mol. The van der Waals surface area contributed by atoms with Crippen molar-refractivity contribution in [1.82, 2.24) is 4.37 Å². The fourth-order valence-electron chi connectivity index (χ4n) is 0.699. The zero-order valence-corrected chi connectivity index (χ0v) is 6.24. The van der Waals surface area contributed by atoms with E-state index in [0.717, 1.165) is 12.1 Å². The molecule has 0 aromatic carbocycles. The fraction of sp³-hybridized carbons (Fsp3) is 0.286. The Labute approximate surface area is 59.2 Å². The van der Waals surface area contributed by atoms with E-state index in [1.807, 2.05) is 0 Å². The quantitative estimate of drug-likeness (QED) is 0.613. The SMILES string of the molecule is C=Cc1nscc1CC. The molecule has 0 N–H and O–H groups in total. The van der Waals surface area contributed by atoms with Crippen molar-refractivity contribution < 1.29 is 0 Å². The molecule has 0 saturated heterocycles. The van der Waals surface area contributed by atoms with Crippen LogP contribution < -0.4 is 0 Å². The van der Waals surface area contributed by atoms with E-state index in [0.29, 0.717) is 0 Å². The van der Waals surface area contributed by atoms with Crippen molar-refractivity contribution in [2.24, 2.45) is 0 Å². The molecule has 1 nitrogen and oxygen atoms in total. The molecule has 9 heavy (non-hydrogen) atoms. The molecule has 0 amide bonds. The molecule has 1 heterocycles. The second-order valence-corrected chi connectivity index (χ2v) is 2.41. The Balaban J connectivity index is 2.98. The van der Waals surface area contributed by atoms with Gasteiger partial charge in [-0.2, -0.15) is 4.37 Å². The molecule has 48 valence electrons. The minimum Gasteiger partial charge on any atom is -0.193 e. The van der Waals surface area contributed by atoms with Gasteiger partial charge in [0.2, 0.25) is 0 Å². The van der Waals surface area contributed by atoms with Crippen LogP contribution in [0.1, 0.15) is 18.2 Å². The van der Waals surface area contributed by atoms with Crippen LogP contribution in [0, 0.1) is 0 Å².